The van der Waals surface area contributed by atoms with Gasteiger partial charge in [0.15, 0.2) is 0 Å². The summed E-state index contributed by atoms with van der Waals surface area (Å²) in [6.07, 6.45) is 0. The molecule has 0 aliphatic heterocycles. The van der Waals surface area contributed by atoms with E-state index in [1.807, 2.05) is 13.0 Å². The molecule has 32 heavy (non-hydrogen) atoms. The van der Waals surface area contributed by atoms with Crippen molar-refractivity contribution < 1.29 is 9.53 Å². The molecule has 4 aromatic rings. The number of rotatable bonds is 5. The zero-order valence-corrected chi connectivity index (χ0v) is 18.7. The Morgan fingerprint density at radius 1 is 1.06 bits per heavy atom. The summed E-state index contributed by atoms with van der Waals surface area (Å²) >= 11 is 6.05. The van der Waals surface area contributed by atoms with Gasteiger partial charge in [0.1, 0.15) is 11.6 Å². The quantitative estimate of drug-likeness (QED) is 0.437. The number of hydrogen-bond donors (Lipinski definition) is 0. The Hall–Kier alpha value is -3.64. The molecule has 0 bridgehead atoms. The summed E-state index contributed by atoms with van der Waals surface area (Å²) in [4.78, 5) is 33.0. The van der Waals surface area contributed by atoms with E-state index in [9.17, 15) is 9.59 Å². The summed E-state index contributed by atoms with van der Waals surface area (Å²) in [5.74, 6) is 0.843. The lowest BCUT2D eigenvalue weighted by atomic mass is 10.1. The van der Waals surface area contributed by atoms with Crippen LogP contribution in [-0.4, -0.2) is 34.5 Å². The first kappa shape index (κ1) is 21.6. The third-order valence-corrected chi connectivity index (χ3v) is 5.73. The van der Waals surface area contributed by atoms with Gasteiger partial charge in [0.25, 0.3) is 11.5 Å². The summed E-state index contributed by atoms with van der Waals surface area (Å²) in [6, 6.07) is 20.6. The number of ether oxygens (including phenoxy) is 1. The molecule has 0 spiro atoms. The average Bonchev–Trinajstić information content (AvgIpc) is 2.83. The average molecular weight is 448 g/mol. The van der Waals surface area contributed by atoms with Gasteiger partial charge in [0.05, 0.1) is 29.7 Å². The monoisotopic (exact) mass is 447 g/mol. The van der Waals surface area contributed by atoms with Gasteiger partial charge in [-0.3, -0.25) is 14.2 Å². The number of benzene rings is 3. The Kier molecular flexibility index (Phi) is 5.97. The number of hydrogen-bond acceptors (Lipinski definition) is 4. The molecule has 0 radical (unpaired) electrons. The van der Waals surface area contributed by atoms with E-state index >= 15 is 0 Å². The molecule has 3 aromatic carbocycles. The number of nitrogens with zero attached hydrogens (tertiary/aromatic N) is 3. The summed E-state index contributed by atoms with van der Waals surface area (Å²) in [7, 11) is 3.25. The van der Waals surface area contributed by atoms with E-state index in [0.717, 1.165) is 0 Å². The number of methoxy groups -OCH3 is 1. The third-order valence-electron chi connectivity index (χ3n) is 5.48. The Morgan fingerprint density at radius 3 is 2.50 bits per heavy atom. The number of aromatic nitrogens is 2. The number of amides is 1. The van der Waals surface area contributed by atoms with Crippen LogP contribution in [0.25, 0.3) is 16.6 Å². The van der Waals surface area contributed by atoms with Crippen LogP contribution in [-0.2, 0) is 0 Å². The Bertz CT molecular complexity index is 1350. The van der Waals surface area contributed by atoms with Crippen molar-refractivity contribution in [3.05, 3.63) is 99.6 Å². The molecule has 162 valence electrons. The first-order valence-corrected chi connectivity index (χ1v) is 10.5. The zero-order valence-electron chi connectivity index (χ0n) is 17.9. The van der Waals surface area contributed by atoms with Gasteiger partial charge in [-0.05, 0) is 61.5 Å². The molecule has 4 rings (SSSR count). The van der Waals surface area contributed by atoms with Crippen LogP contribution in [0.4, 0.5) is 0 Å². The molecule has 0 N–H and O–H groups in total. The van der Waals surface area contributed by atoms with Gasteiger partial charge in [0, 0.05) is 17.6 Å². The maximum Gasteiger partial charge on any atom is 0.266 e. The Labute approximate surface area is 190 Å². The first-order chi connectivity index (χ1) is 15.4. The van der Waals surface area contributed by atoms with Crippen molar-refractivity contribution in [2.24, 2.45) is 0 Å². The molecule has 1 atom stereocenters. The number of para-hydroxylation sites is 1. The van der Waals surface area contributed by atoms with Gasteiger partial charge in [-0.1, -0.05) is 29.8 Å². The highest BCUT2D eigenvalue weighted by molar-refractivity contribution is 6.30. The van der Waals surface area contributed by atoms with Gasteiger partial charge >= 0.3 is 0 Å². The molecular formula is C25H22ClN3O3. The number of carbonyl (C=O) groups excluding carboxylic acids is 1. The van der Waals surface area contributed by atoms with Crippen molar-refractivity contribution in [1.29, 1.82) is 0 Å². The largest absolute Gasteiger partial charge is 0.497 e. The SMILES string of the molecule is COc1cccc(C(=O)N(C)C(C)c2nc3ccccc3c(=O)n2-c2ccc(Cl)cc2)c1. The van der Waals surface area contributed by atoms with Crippen LogP contribution in [0, 0.1) is 0 Å². The summed E-state index contributed by atoms with van der Waals surface area (Å²) in [5, 5.41) is 1.07. The molecule has 0 fully saturated rings. The molecule has 1 amide bonds. The van der Waals surface area contributed by atoms with Gasteiger partial charge in [-0.25, -0.2) is 4.98 Å². The van der Waals surface area contributed by atoms with E-state index in [-0.39, 0.29) is 11.5 Å². The second kappa shape index (κ2) is 8.85. The molecule has 0 aliphatic carbocycles. The van der Waals surface area contributed by atoms with Crippen LogP contribution in [0.15, 0.2) is 77.6 Å². The fraction of sp³-hybridized carbons (Fsp3) is 0.160. The van der Waals surface area contributed by atoms with E-state index in [2.05, 4.69) is 0 Å². The lowest BCUT2D eigenvalue weighted by molar-refractivity contribution is 0.0734. The number of fused-ring (bicyclic) bond motifs is 1. The standard InChI is InChI=1S/C25H22ClN3O3/c1-16(28(2)24(30)17-7-6-8-20(15-17)32-3)23-27-22-10-5-4-9-21(22)25(31)29(23)19-13-11-18(26)12-14-19/h4-16H,1-3H3. The highest BCUT2D eigenvalue weighted by atomic mass is 35.5. The van der Waals surface area contributed by atoms with Gasteiger partial charge in [-0.15, -0.1) is 0 Å². The van der Waals surface area contributed by atoms with Crippen molar-refractivity contribution in [3.63, 3.8) is 0 Å². The van der Waals surface area contributed by atoms with Gasteiger partial charge in [-0.2, -0.15) is 0 Å². The van der Waals surface area contributed by atoms with Crippen LogP contribution < -0.4 is 10.3 Å². The molecule has 0 saturated heterocycles. The van der Waals surface area contributed by atoms with Crippen LogP contribution in [0.5, 0.6) is 5.75 Å². The minimum Gasteiger partial charge on any atom is -0.497 e. The molecule has 1 unspecified atom stereocenters. The fourth-order valence-electron chi connectivity index (χ4n) is 3.58. The smallest absolute Gasteiger partial charge is 0.266 e. The predicted molar refractivity (Wildman–Crippen MR) is 126 cm³/mol. The highest BCUT2D eigenvalue weighted by Crippen LogP contribution is 2.24. The van der Waals surface area contributed by atoms with Crippen LogP contribution in [0.1, 0.15) is 29.1 Å². The van der Waals surface area contributed by atoms with Crippen molar-refractivity contribution in [3.8, 4) is 11.4 Å². The summed E-state index contributed by atoms with van der Waals surface area (Å²) < 4.78 is 6.78. The van der Waals surface area contributed by atoms with Gasteiger partial charge in [0.2, 0.25) is 0 Å². The van der Waals surface area contributed by atoms with E-state index in [1.54, 1.807) is 90.4 Å². The van der Waals surface area contributed by atoms with Crippen molar-refractivity contribution in [1.82, 2.24) is 14.5 Å². The number of halogens is 1. The fourth-order valence-corrected chi connectivity index (χ4v) is 3.70. The van der Waals surface area contributed by atoms with Crippen LogP contribution in [0.3, 0.4) is 0 Å². The lowest BCUT2D eigenvalue weighted by Crippen LogP contribution is -2.34. The topological polar surface area (TPSA) is 64.4 Å². The van der Waals surface area contributed by atoms with E-state index < -0.39 is 6.04 Å². The van der Waals surface area contributed by atoms with Crippen LogP contribution in [0.2, 0.25) is 5.02 Å². The Morgan fingerprint density at radius 2 is 1.78 bits per heavy atom. The predicted octanol–water partition coefficient (Wildman–Crippen LogP) is 4.88. The van der Waals surface area contributed by atoms with Crippen LogP contribution >= 0.6 is 11.6 Å². The van der Waals surface area contributed by atoms with Crippen molar-refractivity contribution in [2.45, 2.75) is 13.0 Å². The molecule has 7 heteroatoms. The molecule has 0 aliphatic rings. The van der Waals surface area contributed by atoms with Gasteiger partial charge < -0.3 is 9.64 Å². The second-order valence-corrected chi connectivity index (χ2v) is 7.86. The Balaban J connectivity index is 1.85. The first-order valence-electron chi connectivity index (χ1n) is 10.1. The number of carbonyl (C=O) groups is 1. The second-order valence-electron chi connectivity index (χ2n) is 7.43. The van der Waals surface area contributed by atoms with Crippen molar-refractivity contribution >= 4 is 28.4 Å². The highest BCUT2D eigenvalue weighted by Gasteiger charge is 2.25. The minimum atomic E-state index is -0.498. The third kappa shape index (κ3) is 3.97. The normalized spacial score (nSPS) is 11.9. The maximum atomic E-state index is 13.5. The van der Waals surface area contributed by atoms with Crippen molar-refractivity contribution in [2.75, 3.05) is 14.2 Å². The molecule has 6 nitrogen and oxygen atoms in total. The van der Waals surface area contributed by atoms with E-state index in [0.29, 0.717) is 38.8 Å². The lowest BCUT2D eigenvalue weighted by Gasteiger charge is -2.27. The molecule has 1 heterocycles. The minimum absolute atomic E-state index is 0.206. The molecular weight excluding hydrogens is 426 g/mol. The maximum absolute atomic E-state index is 13.5. The van der Waals surface area contributed by atoms with E-state index in [1.165, 1.54) is 0 Å². The zero-order chi connectivity index (χ0) is 22.8. The molecule has 0 saturated carbocycles. The summed E-state index contributed by atoms with van der Waals surface area (Å²) in [6.45, 7) is 1.85. The molecule has 1 aromatic heterocycles. The summed E-state index contributed by atoms with van der Waals surface area (Å²) in [5.41, 5.74) is 1.48. The van der Waals surface area contributed by atoms with E-state index in [4.69, 9.17) is 21.3 Å².